The van der Waals surface area contributed by atoms with Crippen LogP contribution in [0, 0.1) is 0 Å². The summed E-state index contributed by atoms with van der Waals surface area (Å²) in [6.45, 7) is 3.79. The molecule has 0 amide bonds. The molecule has 0 aromatic carbocycles. The molecule has 2 aromatic rings. The van der Waals surface area contributed by atoms with Crippen molar-refractivity contribution >= 4 is 23.7 Å². The Kier molecular flexibility index (Phi) is 6.00. The van der Waals surface area contributed by atoms with Gasteiger partial charge in [-0.1, -0.05) is 0 Å². The van der Waals surface area contributed by atoms with Gasteiger partial charge in [0.1, 0.15) is 0 Å². The molecular weight excluding hydrogens is 280 g/mol. The van der Waals surface area contributed by atoms with Crippen molar-refractivity contribution in [3.8, 4) is 10.4 Å². The second kappa shape index (κ2) is 7.05. The number of thiophene rings is 1. The summed E-state index contributed by atoms with van der Waals surface area (Å²) < 4.78 is 1.83. The van der Waals surface area contributed by atoms with Gasteiger partial charge in [-0.2, -0.15) is 5.10 Å². The average Bonchev–Trinajstić information content (AvgIpc) is 2.96. The van der Waals surface area contributed by atoms with E-state index in [0.29, 0.717) is 12.6 Å². The van der Waals surface area contributed by atoms with Gasteiger partial charge in [-0.05, 0) is 26.1 Å². The van der Waals surface area contributed by atoms with Crippen LogP contribution >= 0.6 is 23.7 Å². The summed E-state index contributed by atoms with van der Waals surface area (Å²) in [5.41, 5.74) is 6.86. The van der Waals surface area contributed by atoms with Crippen molar-refractivity contribution < 1.29 is 0 Å². The third-order valence-electron chi connectivity index (χ3n) is 3.15. The molecule has 19 heavy (non-hydrogen) atoms. The van der Waals surface area contributed by atoms with Gasteiger partial charge >= 0.3 is 0 Å². The summed E-state index contributed by atoms with van der Waals surface area (Å²) in [5, 5.41) is 4.20. The monoisotopic (exact) mass is 300 g/mol. The molecule has 0 aliphatic rings. The van der Waals surface area contributed by atoms with E-state index in [9.17, 15) is 0 Å². The predicted octanol–water partition coefficient (Wildman–Crippen LogP) is 2.35. The molecule has 0 aliphatic heterocycles. The minimum atomic E-state index is 0. The molecule has 0 saturated heterocycles. The van der Waals surface area contributed by atoms with Gasteiger partial charge in [-0.3, -0.25) is 9.58 Å². The first kappa shape index (κ1) is 16.2. The molecule has 0 aliphatic carbocycles. The summed E-state index contributed by atoms with van der Waals surface area (Å²) in [6.07, 6.45) is 3.95. The van der Waals surface area contributed by atoms with Crippen molar-refractivity contribution in [1.82, 2.24) is 14.7 Å². The largest absolute Gasteiger partial charge is 0.329 e. The zero-order chi connectivity index (χ0) is 13.1. The van der Waals surface area contributed by atoms with Crippen LogP contribution in [0.25, 0.3) is 10.4 Å². The van der Waals surface area contributed by atoms with Crippen LogP contribution in [0.2, 0.25) is 0 Å². The SMILES string of the molecule is CC(CN)N(C)Cc1ccc(-c2cnn(C)c2)s1.Cl. The van der Waals surface area contributed by atoms with Gasteiger partial charge in [0.15, 0.2) is 0 Å². The second-order valence-electron chi connectivity index (χ2n) is 4.67. The maximum absolute atomic E-state index is 5.68. The lowest BCUT2D eigenvalue weighted by molar-refractivity contribution is 0.257. The molecule has 0 radical (unpaired) electrons. The number of likely N-dealkylation sites (N-methyl/N-ethyl adjacent to an activating group) is 1. The maximum Gasteiger partial charge on any atom is 0.0576 e. The van der Waals surface area contributed by atoms with E-state index >= 15 is 0 Å². The van der Waals surface area contributed by atoms with E-state index in [1.54, 1.807) is 0 Å². The van der Waals surface area contributed by atoms with Crippen LogP contribution in [0.1, 0.15) is 11.8 Å². The topological polar surface area (TPSA) is 47.1 Å². The fourth-order valence-corrected chi connectivity index (χ4v) is 2.79. The number of nitrogens with zero attached hydrogens (tertiary/aromatic N) is 3. The fraction of sp³-hybridized carbons (Fsp3) is 0.462. The summed E-state index contributed by atoms with van der Waals surface area (Å²) in [4.78, 5) is 4.90. The maximum atomic E-state index is 5.68. The molecule has 0 saturated carbocycles. The number of nitrogens with two attached hydrogens (primary N) is 1. The zero-order valence-electron chi connectivity index (χ0n) is 11.5. The first-order valence-electron chi connectivity index (χ1n) is 6.08. The Balaban J connectivity index is 0.00000180. The smallest absolute Gasteiger partial charge is 0.0576 e. The number of aryl methyl sites for hydroxylation is 1. The normalized spacial score (nSPS) is 12.5. The van der Waals surface area contributed by atoms with Crippen molar-refractivity contribution in [3.05, 3.63) is 29.4 Å². The van der Waals surface area contributed by atoms with Gasteiger partial charge in [0, 0.05) is 47.7 Å². The fourth-order valence-electron chi connectivity index (χ4n) is 1.75. The Morgan fingerprint density at radius 1 is 1.47 bits per heavy atom. The van der Waals surface area contributed by atoms with Gasteiger partial charge in [0.05, 0.1) is 6.20 Å². The first-order valence-corrected chi connectivity index (χ1v) is 6.90. The van der Waals surface area contributed by atoms with E-state index in [1.807, 2.05) is 35.5 Å². The van der Waals surface area contributed by atoms with Crippen LogP contribution in [0.5, 0.6) is 0 Å². The Labute approximate surface area is 124 Å². The van der Waals surface area contributed by atoms with Crippen molar-refractivity contribution in [3.63, 3.8) is 0 Å². The Bertz CT molecular complexity index is 508. The summed E-state index contributed by atoms with van der Waals surface area (Å²) in [7, 11) is 4.05. The van der Waals surface area contributed by atoms with Crippen molar-refractivity contribution in [2.75, 3.05) is 13.6 Å². The molecule has 0 bridgehead atoms. The second-order valence-corrected chi connectivity index (χ2v) is 5.84. The van der Waals surface area contributed by atoms with Gasteiger partial charge in [-0.15, -0.1) is 23.7 Å². The van der Waals surface area contributed by atoms with E-state index in [1.165, 1.54) is 15.3 Å². The molecule has 1 atom stereocenters. The molecule has 2 N–H and O–H groups in total. The lowest BCUT2D eigenvalue weighted by Crippen LogP contribution is -2.34. The Hall–Kier alpha value is -0.880. The minimum absolute atomic E-state index is 0. The average molecular weight is 301 g/mol. The third-order valence-corrected chi connectivity index (χ3v) is 4.27. The highest BCUT2D eigenvalue weighted by Crippen LogP contribution is 2.28. The van der Waals surface area contributed by atoms with Gasteiger partial charge < -0.3 is 5.73 Å². The summed E-state index contributed by atoms with van der Waals surface area (Å²) in [6, 6.07) is 4.76. The molecule has 2 heterocycles. The zero-order valence-corrected chi connectivity index (χ0v) is 13.2. The van der Waals surface area contributed by atoms with Crippen LogP contribution in [0.4, 0.5) is 0 Å². The number of aromatic nitrogens is 2. The van der Waals surface area contributed by atoms with Crippen LogP contribution in [-0.4, -0.2) is 34.3 Å². The number of halogens is 1. The molecule has 2 rings (SSSR count). The van der Waals surface area contributed by atoms with Crippen LogP contribution < -0.4 is 5.73 Å². The number of rotatable bonds is 5. The molecule has 4 nitrogen and oxygen atoms in total. The van der Waals surface area contributed by atoms with E-state index in [-0.39, 0.29) is 12.4 Å². The lowest BCUT2D eigenvalue weighted by Gasteiger charge is -2.22. The highest BCUT2D eigenvalue weighted by molar-refractivity contribution is 7.15. The van der Waals surface area contributed by atoms with Gasteiger partial charge in [-0.25, -0.2) is 0 Å². The third kappa shape index (κ3) is 4.04. The molecule has 1 unspecified atom stereocenters. The molecule has 0 fully saturated rings. The summed E-state index contributed by atoms with van der Waals surface area (Å²) in [5.74, 6) is 0. The quantitative estimate of drug-likeness (QED) is 0.922. The van der Waals surface area contributed by atoms with Crippen molar-refractivity contribution in [2.24, 2.45) is 12.8 Å². The highest BCUT2D eigenvalue weighted by atomic mass is 35.5. The molecule has 6 heteroatoms. The van der Waals surface area contributed by atoms with Crippen molar-refractivity contribution in [1.29, 1.82) is 0 Å². The standard InChI is InChI=1S/C13H20N4S.ClH/c1-10(6-14)16(2)9-12-4-5-13(18-12)11-7-15-17(3)8-11;/h4-5,7-8,10H,6,9,14H2,1-3H3;1H. The van der Waals surface area contributed by atoms with Gasteiger partial charge in [0.2, 0.25) is 0 Å². The van der Waals surface area contributed by atoms with E-state index < -0.39 is 0 Å². The van der Waals surface area contributed by atoms with Crippen LogP contribution in [0.15, 0.2) is 24.5 Å². The first-order chi connectivity index (χ1) is 8.60. The number of hydrogen-bond acceptors (Lipinski definition) is 4. The lowest BCUT2D eigenvalue weighted by atomic mass is 10.3. The van der Waals surface area contributed by atoms with E-state index in [2.05, 4.69) is 36.1 Å². The predicted molar refractivity (Wildman–Crippen MR) is 83.8 cm³/mol. The molecule has 106 valence electrons. The van der Waals surface area contributed by atoms with E-state index in [0.717, 1.165) is 6.54 Å². The van der Waals surface area contributed by atoms with Crippen LogP contribution in [0.3, 0.4) is 0 Å². The van der Waals surface area contributed by atoms with Crippen molar-refractivity contribution in [2.45, 2.75) is 19.5 Å². The Morgan fingerprint density at radius 3 is 2.79 bits per heavy atom. The molecule has 0 spiro atoms. The minimum Gasteiger partial charge on any atom is -0.329 e. The summed E-state index contributed by atoms with van der Waals surface area (Å²) >= 11 is 1.82. The van der Waals surface area contributed by atoms with Crippen LogP contribution in [-0.2, 0) is 13.6 Å². The molecular formula is C13H21ClN4S. The highest BCUT2D eigenvalue weighted by Gasteiger charge is 2.10. The van der Waals surface area contributed by atoms with E-state index in [4.69, 9.17) is 5.73 Å². The van der Waals surface area contributed by atoms with Gasteiger partial charge in [0.25, 0.3) is 0 Å². The number of hydrogen-bond donors (Lipinski definition) is 1. The molecule has 2 aromatic heterocycles. The Morgan fingerprint density at radius 2 is 2.21 bits per heavy atom.